The van der Waals surface area contributed by atoms with Crippen molar-refractivity contribution in [3.8, 4) is 0 Å². The molecular formula is C16H27N5O. The van der Waals surface area contributed by atoms with Gasteiger partial charge in [0, 0.05) is 25.9 Å². The number of hydrogen-bond donors (Lipinski definition) is 1. The summed E-state index contributed by atoms with van der Waals surface area (Å²) in [5, 5.41) is 14.0. The van der Waals surface area contributed by atoms with E-state index in [1.807, 2.05) is 4.90 Å². The predicted molar refractivity (Wildman–Crippen MR) is 85.0 cm³/mol. The molecule has 1 aliphatic rings. The Balaban J connectivity index is 1.92. The van der Waals surface area contributed by atoms with Gasteiger partial charge in [0.05, 0.1) is 0 Å². The molecule has 6 nitrogen and oxygen atoms in total. The van der Waals surface area contributed by atoms with E-state index in [-0.39, 0.29) is 11.3 Å². The standard InChI is InChI=1S/C16H27N5O/c1-16(2,3)12-21(10-9-14-17-19-20-18-14)15(22)11-13-7-5-4-6-8-13/h4-5,13H,6-12H2,1-3H3,(H,17,18,19,20). The number of nitrogens with one attached hydrogen (secondary N) is 1. The fourth-order valence-electron chi connectivity index (χ4n) is 2.81. The van der Waals surface area contributed by atoms with Gasteiger partial charge in [-0.25, -0.2) is 0 Å². The first-order chi connectivity index (χ1) is 10.4. The number of carbonyl (C=O) groups excluding carboxylic acids is 1. The molecule has 122 valence electrons. The van der Waals surface area contributed by atoms with Crippen LogP contribution in [0.3, 0.4) is 0 Å². The minimum atomic E-state index is 0.0827. The number of amides is 1. The minimum absolute atomic E-state index is 0.0827. The third-order valence-electron chi connectivity index (χ3n) is 3.85. The van der Waals surface area contributed by atoms with Crippen molar-refractivity contribution in [3.63, 3.8) is 0 Å². The smallest absolute Gasteiger partial charge is 0.222 e. The maximum Gasteiger partial charge on any atom is 0.222 e. The van der Waals surface area contributed by atoms with Crippen LogP contribution in [0.1, 0.15) is 52.3 Å². The molecule has 1 N–H and O–H groups in total. The second kappa shape index (κ2) is 7.51. The number of nitrogens with zero attached hydrogens (tertiary/aromatic N) is 4. The van der Waals surface area contributed by atoms with Crippen molar-refractivity contribution >= 4 is 5.91 Å². The topological polar surface area (TPSA) is 74.8 Å². The number of tetrazole rings is 1. The second-order valence-electron chi connectivity index (χ2n) is 7.31. The zero-order chi connectivity index (χ0) is 16.0. The summed E-state index contributed by atoms with van der Waals surface area (Å²) < 4.78 is 0. The molecule has 1 aliphatic carbocycles. The van der Waals surface area contributed by atoms with Crippen molar-refractivity contribution < 1.29 is 4.79 Å². The molecule has 0 saturated carbocycles. The molecule has 1 atom stereocenters. The molecule has 1 unspecified atom stereocenters. The third-order valence-corrected chi connectivity index (χ3v) is 3.85. The molecule has 0 bridgehead atoms. The van der Waals surface area contributed by atoms with Gasteiger partial charge in [-0.15, -0.1) is 10.2 Å². The summed E-state index contributed by atoms with van der Waals surface area (Å²) in [5.74, 6) is 1.40. The SMILES string of the molecule is CC(C)(C)CN(CCc1nn[nH]n1)C(=O)CC1CC=CCC1. The molecular weight excluding hydrogens is 278 g/mol. The Hall–Kier alpha value is -1.72. The fourth-order valence-corrected chi connectivity index (χ4v) is 2.81. The van der Waals surface area contributed by atoms with E-state index >= 15 is 0 Å². The maximum absolute atomic E-state index is 12.7. The molecule has 0 spiro atoms. The highest BCUT2D eigenvalue weighted by Crippen LogP contribution is 2.23. The normalized spacial score (nSPS) is 18.4. The van der Waals surface area contributed by atoms with E-state index < -0.39 is 0 Å². The summed E-state index contributed by atoms with van der Waals surface area (Å²) in [5.41, 5.74) is 0.0827. The molecule has 6 heteroatoms. The lowest BCUT2D eigenvalue weighted by atomic mass is 9.90. The van der Waals surface area contributed by atoms with Gasteiger partial charge in [0.25, 0.3) is 0 Å². The van der Waals surface area contributed by atoms with Gasteiger partial charge in [0.15, 0.2) is 5.82 Å². The molecule has 0 aliphatic heterocycles. The quantitative estimate of drug-likeness (QED) is 0.819. The number of hydrogen-bond acceptors (Lipinski definition) is 4. The van der Waals surface area contributed by atoms with Gasteiger partial charge < -0.3 is 4.90 Å². The van der Waals surface area contributed by atoms with E-state index in [1.165, 1.54) is 0 Å². The van der Waals surface area contributed by atoms with Gasteiger partial charge in [0.2, 0.25) is 5.91 Å². The molecule has 1 heterocycles. The molecule has 0 fully saturated rings. The molecule has 1 aromatic heterocycles. The molecule has 22 heavy (non-hydrogen) atoms. The summed E-state index contributed by atoms with van der Waals surface area (Å²) in [6, 6.07) is 0. The van der Waals surface area contributed by atoms with Crippen molar-refractivity contribution in [2.75, 3.05) is 13.1 Å². The van der Waals surface area contributed by atoms with Crippen LogP contribution in [-0.4, -0.2) is 44.5 Å². The van der Waals surface area contributed by atoms with E-state index in [1.54, 1.807) is 0 Å². The highest BCUT2D eigenvalue weighted by Gasteiger charge is 2.24. The van der Waals surface area contributed by atoms with E-state index in [2.05, 4.69) is 53.5 Å². The van der Waals surface area contributed by atoms with E-state index in [0.29, 0.717) is 31.1 Å². The molecule has 0 radical (unpaired) electrons. The lowest BCUT2D eigenvalue weighted by Crippen LogP contribution is -2.40. The van der Waals surface area contributed by atoms with Crippen molar-refractivity contribution in [1.82, 2.24) is 25.5 Å². The van der Waals surface area contributed by atoms with Gasteiger partial charge >= 0.3 is 0 Å². The van der Waals surface area contributed by atoms with E-state index in [9.17, 15) is 4.79 Å². The minimum Gasteiger partial charge on any atom is -0.342 e. The van der Waals surface area contributed by atoms with Crippen LogP contribution in [0.15, 0.2) is 12.2 Å². The third kappa shape index (κ3) is 5.58. The Kier molecular flexibility index (Phi) is 5.69. The fraction of sp³-hybridized carbons (Fsp3) is 0.750. The van der Waals surface area contributed by atoms with Crippen LogP contribution in [0.5, 0.6) is 0 Å². The Bertz CT molecular complexity index is 489. The second-order valence-corrected chi connectivity index (χ2v) is 7.31. The van der Waals surface area contributed by atoms with Crippen LogP contribution in [0.2, 0.25) is 0 Å². The van der Waals surface area contributed by atoms with Gasteiger partial charge in [-0.1, -0.05) is 38.1 Å². The predicted octanol–water partition coefficient (Wildman–Crippen LogP) is 2.36. The zero-order valence-electron chi connectivity index (χ0n) is 13.9. The Labute approximate surface area is 132 Å². The zero-order valence-corrected chi connectivity index (χ0v) is 13.9. The largest absolute Gasteiger partial charge is 0.342 e. The summed E-state index contributed by atoms with van der Waals surface area (Å²) >= 11 is 0. The van der Waals surface area contributed by atoms with Gasteiger partial charge in [-0.2, -0.15) is 5.21 Å². The van der Waals surface area contributed by atoms with Crippen LogP contribution in [0, 0.1) is 11.3 Å². The molecule has 0 aromatic carbocycles. The van der Waals surface area contributed by atoms with Crippen molar-refractivity contribution in [3.05, 3.63) is 18.0 Å². The van der Waals surface area contributed by atoms with Crippen LogP contribution in [0.25, 0.3) is 0 Å². The average molecular weight is 305 g/mol. The van der Waals surface area contributed by atoms with Gasteiger partial charge in [0.1, 0.15) is 0 Å². The Morgan fingerprint density at radius 3 is 2.82 bits per heavy atom. The van der Waals surface area contributed by atoms with Gasteiger partial charge in [-0.05, 0) is 30.6 Å². The van der Waals surface area contributed by atoms with E-state index in [0.717, 1.165) is 25.8 Å². The first kappa shape index (κ1) is 16.6. The van der Waals surface area contributed by atoms with Crippen molar-refractivity contribution in [1.29, 1.82) is 0 Å². The molecule has 0 saturated heterocycles. The molecule has 1 aromatic rings. The highest BCUT2D eigenvalue weighted by molar-refractivity contribution is 5.76. The maximum atomic E-state index is 12.7. The number of aromatic amines is 1. The summed E-state index contributed by atoms with van der Waals surface area (Å²) in [7, 11) is 0. The van der Waals surface area contributed by atoms with E-state index in [4.69, 9.17) is 0 Å². The lowest BCUT2D eigenvalue weighted by molar-refractivity contribution is -0.133. The van der Waals surface area contributed by atoms with Crippen LogP contribution >= 0.6 is 0 Å². The molecule has 1 amide bonds. The van der Waals surface area contributed by atoms with Gasteiger partial charge in [-0.3, -0.25) is 4.79 Å². The van der Waals surface area contributed by atoms with Crippen LogP contribution in [-0.2, 0) is 11.2 Å². The Morgan fingerprint density at radius 2 is 2.23 bits per heavy atom. The first-order valence-corrected chi connectivity index (χ1v) is 8.09. The lowest BCUT2D eigenvalue weighted by Gasteiger charge is -2.31. The van der Waals surface area contributed by atoms with Crippen molar-refractivity contribution in [2.24, 2.45) is 11.3 Å². The average Bonchev–Trinajstić information content (AvgIpc) is 2.96. The van der Waals surface area contributed by atoms with Crippen molar-refractivity contribution in [2.45, 2.75) is 52.9 Å². The summed E-state index contributed by atoms with van der Waals surface area (Å²) in [6.45, 7) is 7.88. The number of aromatic nitrogens is 4. The monoisotopic (exact) mass is 305 g/mol. The number of rotatable bonds is 6. The Morgan fingerprint density at radius 1 is 1.41 bits per heavy atom. The summed E-state index contributed by atoms with van der Waals surface area (Å²) in [4.78, 5) is 14.7. The van der Waals surface area contributed by atoms with Crippen LogP contribution in [0.4, 0.5) is 0 Å². The molecule has 2 rings (SSSR count). The highest BCUT2D eigenvalue weighted by atomic mass is 16.2. The number of H-pyrrole nitrogens is 1. The summed E-state index contributed by atoms with van der Waals surface area (Å²) in [6.07, 6.45) is 8.95. The number of allylic oxidation sites excluding steroid dienone is 2. The van der Waals surface area contributed by atoms with Crippen LogP contribution < -0.4 is 0 Å². The number of carbonyl (C=O) groups is 1. The first-order valence-electron chi connectivity index (χ1n) is 8.09.